The monoisotopic (exact) mass is 532 g/mol. The number of nitrogens with zero attached hydrogens (tertiary/aromatic N) is 3. The van der Waals surface area contributed by atoms with Crippen molar-refractivity contribution in [2.24, 2.45) is 10.8 Å². The molecular weight excluding hydrogens is 496 g/mol. The zero-order chi connectivity index (χ0) is 26.7. The molecule has 0 radical (unpaired) electrons. The molecule has 1 amide bonds. The van der Waals surface area contributed by atoms with Crippen LogP contribution in [0.5, 0.6) is 0 Å². The van der Waals surface area contributed by atoms with Gasteiger partial charge in [-0.3, -0.25) is 9.59 Å². The summed E-state index contributed by atoms with van der Waals surface area (Å²) in [5.74, 6) is -0.454. The minimum atomic E-state index is -0.848. The van der Waals surface area contributed by atoms with Gasteiger partial charge in [-0.05, 0) is 70.0 Å². The number of likely N-dealkylation sites (tertiary alicyclic amines) is 1. The Hall–Kier alpha value is -2.97. The van der Waals surface area contributed by atoms with E-state index in [1.54, 1.807) is 11.3 Å². The van der Waals surface area contributed by atoms with Crippen molar-refractivity contribution in [3.63, 3.8) is 0 Å². The molecule has 7 nitrogen and oxygen atoms in total. The van der Waals surface area contributed by atoms with Gasteiger partial charge in [0.2, 0.25) is 5.91 Å². The third-order valence-electron chi connectivity index (χ3n) is 8.01. The van der Waals surface area contributed by atoms with Crippen LogP contribution in [0, 0.1) is 10.8 Å². The van der Waals surface area contributed by atoms with Gasteiger partial charge in [-0.1, -0.05) is 24.3 Å². The molecule has 200 valence electrons. The molecule has 2 aliphatic heterocycles. The Labute approximate surface area is 228 Å². The molecule has 38 heavy (non-hydrogen) atoms. The molecule has 0 unspecified atom stereocenters. The molecule has 3 aliphatic rings. The number of rotatable bonds is 6. The van der Waals surface area contributed by atoms with Crippen LogP contribution in [0.3, 0.4) is 0 Å². The summed E-state index contributed by atoms with van der Waals surface area (Å²) < 4.78 is 6.75. The third kappa shape index (κ3) is 4.80. The SMILES string of the molecule is CN1CC2(C1)CN(c1ccc3nc(CNC(=O)C4(CC(=O)OC(C)(C)C)Cc5ccccc5C4)sc3c1)C2. The van der Waals surface area contributed by atoms with Crippen molar-refractivity contribution < 1.29 is 14.3 Å². The summed E-state index contributed by atoms with van der Waals surface area (Å²) in [5, 5.41) is 3.99. The van der Waals surface area contributed by atoms with E-state index in [0.717, 1.165) is 39.4 Å². The first-order valence-corrected chi connectivity index (χ1v) is 14.2. The molecule has 6 rings (SSSR count). The van der Waals surface area contributed by atoms with Crippen molar-refractivity contribution in [1.29, 1.82) is 0 Å². The maximum Gasteiger partial charge on any atom is 0.307 e. The molecule has 8 heteroatoms. The van der Waals surface area contributed by atoms with E-state index in [9.17, 15) is 9.59 Å². The van der Waals surface area contributed by atoms with Gasteiger partial charge in [0.25, 0.3) is 0 Å². The highest BCUT2D eigenvalue weighted by molar-refractivity contribution is 7.18. The van der Waals surface area contributed by atoms with E-state index in [1.165, 1.54) is 18.8 Å². The van der Waals surface area contributed by atoms with E-state index >= 15 is 0 Å². The third-order valence-corrected chi connectivity index (χ3v) is 9.02. The van der Waals surface area contributed by atoms with E-state index in [1.807, 2.05) is 45.0 Å². The quantitative estimate of drug-likeness (QED) is 0.480. The van der Waals surface area contributed by atoms with Crippen molar-refractivity contribution >= 4 is 39.1 Å². The van der Waals surface area contributed by atoms with E-state index in [4.69, 9.17) is 9.72 Å². The number of fused-ring (bicyclic) bond motifs is 2. The van der Waals surface area contributed by atoms with E-state index in [2.05, 4.69) is 40.4 Å². The van der Waals surface area contributed by atoms with Crippen molar-refractivity contribution in [3.05, 3.63) is 58.6 Å². The molecular formula is C30H36N4O3S. The van der Waals surface area contributed by atoms with Gasteiger partial charge < -0.3 is 19.9 Å². The van der Waals surface area contributed by atoms with E-state index in [0.29, 0.717) is 24.8 Å². The zero-order valence-electron chi connectivity index (χ0n) is 22.7. The Morgan fingerprint density at radius 3 is 2.37 bits per heavy atom. The summed E-state index contributed by atoms with van der Waals surface area (Å²) >= 11 is 1.62. The highest BCUT2D eigenvalue weighted by Gasteiger charge is 2.50. The van der Waals surface area contributed by atoms with Crippen LogP contribution in [0.2, 0.25) is 0 Å². The topological polar surface area (TPSA) is 74.8 Å². The lowest BCUT2D eigenvalue weighted by atomic mass is 9.73. The average molecular weight is 533 g/mol. The first kappa shape index (κ1) is 25.3. The minimum absolute atomic E-state index is 0.0567. The summed E-state index contributed by atoms with van der Waals surface area (Å²) in [4.78, 5) is 36.1. The number of hydrogen-bond acceptors (Lipinski definition) is 7. The first-order chi connectivity index (χ1) is 18.0. The number of esters is 1. The van der Waals surface area contributed by atoms with Gasteiger partial charge in [0.1, 0.15) is 10.6 Å². The second kappa shape index (κ2) is 9.06. The molecule has 2 fully saturated rings. The number of aromatic nitrogens is 1. The van der Waals surface area contributed by atoms with Crippen molar-refractivity contribution in [1.82, 2.24) is 15.2 Å². The lowest BCUT2D eigenvalue weighted by Gasteiger charge is -2.60. The van der Waals surface area contributed by atoms with Crippen LogP contribution in [0.1, 0.15) is 43.3 Å². The van der Waals surface area contributed by atoms with Crippen LogP contribution in [-0.4, -0.2) is 60.6 Å². The van der Waals surface area contributed by atoms with Gasteiger partial charge in [-0.25, -0.2) is 4.98 Å². The summed E-state index contributed by atoms with van der Waals surface area (Å²) in [6.07, 6.45) is 1.12. The molecule has 0 bridgehead atoms. The van der Waals surface area contributed by atoms with E-state index in [-0.39, 0.29) is 18.3 Å². The summed E-state index contributed by atoms with van der Waals surface area (Å²) in [6, 6.07) is 14.5. The Morgan fingerprint density at radius 2 is 1.74 bits per heavy atom. The molecule has 3 aromatic rings. The lowest BCUT2D eigenvalue weighted by Crippen LogP contribution is -2.71. The number of ether oxygens (including phenoxy) is 1. The summed E-state index contributed by atoms with van der Waals surface area (Å²) in [6.45, 7) is 10.5. The van der Waals surface area contributed by atoms with Crippen LogP contribution >= 0.6 is 11.3 Å². The van der Waals surface area contributed by atoms with Gasteiger partial charge in [0.15, 0.2) is 0 Å². The second-order valence-electron chi connectivity index (χ2n) is 12.6. The fourth-order valence-electron chi connectivity index (χ4n) is 6.54. The minimum Gasteiger partial charge on any atom is -0.460 e. The largest absolute Gasteiger partial charge is 0.460 e. The zero-order valence-corrected chi connectivity index (χ0v) is 23.5. The van der Waals surface area contributed by atoms with Crippen LogP contribution in [0.4, 0.5) is 5.69 Å². The maximum atomic E-state index is 13.7. The normalized spacial score (nSPS) is 19.6. The Bertz CT molecular complexity index is 1370. The van der Waals surface area contributed by atoms with Crippen LogP contribution in [-0.2, 0) is 33.7 Å². The van der Waals surface area contributed by atoms with Crippen LogP contribution < -0.4 is 10.2 Å². The Balaban J connectivity index is 1.14. The molecule has 3 heterocycles. The lowest BCUT2D eigenvalue weighted by molar-refractivity contribution is -0.160. The van der Waals surface area contributed by atoms with Crippen molar-refractivity contribution in [2.45, 2.75) is 52.2 Å². The maximum absolute atomic E-state index is 13.7. The van der Waals surface area contributed by atoms with E-state index < -0.39 is 11.0 Å². The Kier molecular flexibility index (Phi) is 6.03. The van der Waals surface area contributed by atoms with Crippen LogP contribution in [0.25, 0.3) is 10.2 Å². The smallest absolute Gasteiger partial charge is 0.307 e. The number of nitrogens with one attached hydrogen (secondary N) is 1. The average Bonchev–Trinajstić information content (AvgIpc) is 3.38. The number of hydrogen-bond donors (Lipinski definition) is 1. The molecule has 1 aromatic heterocycles. The van der Waals surface area contributed by atoms with Gasteiger partial charge in [-0.2, -0.15) is 0 Å². The number of carbonyl (C=O) groups excluding carboxylic acids is 2. The van der Waals surface area contributed by atoms with Crippen LogP contribution in [0.15, 0.2) is 42.5 Å². The fraction of sp³-hybridized carbons (Fsp3) is 0.500. The number of carbonyl (C=O) groups is 2. The van der Waals surface area contributed by atoms with Crippen molar-refractivity contribution in [3.8, 4) is 0 Å². The summed E-state index contributed by atoms with van der Waals surface area (Å²) in [5.41, 5.74) is 3.50. The van der Waals surface area contributed by atoms with Crippen molar-refractivity contribution in [2.75, 3.05) is 38.1 Å². The predicted molar refractivity (Wildman–Crippen MR) is 150 cm³/mol. The predicted octanol–water partition coefficient (Wildman–Crippen LogP) is 4.18. The van der Waals surface area contributed by atoms with Gasteiger partial charge in [0.05, 0.1) is 28.6 Å². The van der Waals surface area contributed by atoms with Gasteiger partial charge in [0, 0.05) is 37.3 Å². The number of thiazole rings is 1. The fourth-order valence-corrected chi connectivity index (χ4v) is 7.48. The molecule has 0 saturated carbocycles. The summed E-state index contributed by atoms with van der Waals surface area (Å²) in [7, 11) is 2.18. The molecule has 1 spiro atoms. The molecule has 0 atom stereocenters. The molecule has 1 aliphatic carbocycles. The second-order valence-corrected chi connectivity index (χ2v) is 13.8. The molecule has 1 N–H and O–H groups in total. The highest BCUT2D eigenvalue weighted by Crippen LogP contribution is 2.43. The highest BCUT2D eigenvalue weighted by atomic mass is 32.1. The molecule has 2 aromatic carbocycles. The van der Waals surface area contributed by atoms with Gasteiger partial charge in [-0.15, -0.1) is 11.3 Å². The number of anilines is 1. The first-order valence-electron chi connectivity index (χ1n) is 13.4. The molecule has 2 saturated heterocycles. The number of amides is 1. The van der Waals surface area contributed by atoms with Gasteiger partial charge >= 0.3 is 5.97 Å². The Morgan fingerprint density at radius 1 is 1.05 bits per heavy atom. The standard InChI is InChI=1S/C30H36N4O3S/c1-28(2,3)37-26(35)14-30(12-20-7-5-6-8-21(20)13-30)27(36)31-15-25-32-23-10-9-22(11-24(23)38-25)34-18-29(19-34)16-33(4)17-29/h5-11H,12-19H2,1-4H3,(H,31,36). The number of benzene rings is 2.